The summed E-state index contributed by atoms with van der Waals surface area (Å²) >= 11 is 3.09. The van der Waals surface area contributed by atoms with E-state index in [0.29, 0.717) is 5.56 Å². The molecule has 0 aromatic heterocycles. The van der Waals surface area contributed by atoms with Crippen LogP contribution in [0.1, 0.15) is 11.1 Å². The predicted octanol–water partition coefficient (Wildman–Crippen LogP) is 3.50. The lowest BCUT2D eigenvalue weighted by molar-refractivity contribution is 0.624. The zero-order valence-corrected chi connectivity index (χ0v) is 7.73. The van der Waals surface area contributed by atoms with E-state index in [2.05, 4.69) is 15.9 Å². The number of hydrogen-bond acceptors (Lipinski definition) is 0. The largest absolute Gasteiger partial charge is 0.206 e. The molecule has 0 radical (unpaired) electrons. The Kier molecular flexibility index (Phi) is 2.83. The molecule has 0 fully saturated rings. The molecule has 0 aliphatic heterocycles. The van der Waals surface area contributed by atoms with E-state index >= 15 is 0 Å². The van der Waals surface area contributed by atoms with Crippen molar-refractivity contribution in [2.45, 2.75) is 6.92 Å². The smallest absolute Gasteiger partial charge is 0.130 e. The van der Waals surface area contributed by atoms with Crippen LogP contribution in [0.15, 0.2) is 23.2 Å². The van der Waals surface area contributed by atoms with Gasteiger partial charge in [0.2, 0.25) is 0 Å². The third kappa shape index (κ3) is 2.15. The maximum Gasteiger partial charge on any atom is 0.130 e. The summed E-state index contributed by atoms with van der Waals surface area (Å²) in [6, 6.07) is 5.15. The monoisotopic (exact) mass is 214 g/mol. The van der Waals surface area contributed by atoms with Crippen molar-refractivity contribution < 1.29 is 4.39 Å². The molecule has 1 rings (SSSR count). The third-order valence-electron chi connectivity index (χ3n) is 1.40. The summed E-state index contributed by atoms with van der Waals surface area (Å²) in [4.78, 5) is 1.64. The number of hydrogen-bond donors (Lipinski definition) is 0. The summed E-state index contributed by atoms with van der Waals surface area (Å²) in [5.41, 5.74) is 1.54. The van der Waals surface area contributed by atoms with Crippen LogP contribution in [0.5, 0.6) is 0 Å². The molecule has 0 atom stereocenters. The fraction of sp³-hybridized carbons (Fsp3) is 0.111. The second kappa shape index (κ2) is 3.67. The highest BCUT2D eigenvalue weighted by Crippen LogP contribution is 2.11. The third-order valence-corrected chi connectivity index (χ3v) is 1.66. The molecular weight excluding hydrogens is 207 g/mol. The van der Waals surface area contributed by atoms with Gasteiger partial charge in [-0.25, -0.2) is 4.39 Å². The molecule has 0 saturated carbocycles. The standard InChI is InChI=1S/C9H8BrF/c1-7-2-3-8(4-5-10)9(11)6-7/h2-6H,1H3/b5-4+. The Bertz CT molecular complexity index is 279. The van der Waals surface area contributed by atoms with Crippen LogP contribution < -0.4 is 0 Å². The minimum Gasteiger partial charge on any atom is -0.206 e. The van der Waals surface area contributed by atoms with Crippen molar-refractivity contribution in [3.8, 4) is 0 Å². The molecule has 0 aliphatic carbocycles. The van der Waals surface area contributed by atoms with Crippen molar-refractivity contribution in [1.29, 1.82) is 0 Å². The molecule has 58 valence electrons. The Morgan fingerprint density at radius 1 is 1.45 bits per heavy atom. The number of halogens is 2. The Hall–Kier alpha value is -0.630. The van der Waals surface area contributed by atoms with Gasteiger partial charge in [-0.1, -0.05) is 28.1 Å². The molecule has 0 N–H and O–H groups in total. The summed E-state index contributed by atoms with van der Waals surface area (Å²) < 4.78 is 13.0. The topological polar surface area (TPSA) is 0 Å². The highest BCUT2D eigenvalue weighted by atomic mass is 79.9. The predicted molar refractivity (Wildman–Crippen MR) is 49.1 cm³/mol. The van der Waals surface area contributed by atoms with Gasteiger partial charge in [0, 0.05) is 5.56 Å². The van der Waals surface area contributed by atoms with Crippen LogP contribution in [0.2, 0.25) is 0 Å². The maximum atomic E-state index is 13.0. The quantitative estimate of drug-likeness (QED) is 0.672. The second-order valence-electron chi connectivity index (χ2n) is 2.32. The van der Waals surface area contributed by atoms with Crippen molar-refractivity contribution in [3.05, 3.63) is 40.1 Å². The van der Waals surface area contributed by atoms with Gasteiger partial charge in [0.1, 0.15) is 5.82 Å². The van der Waals surface area contributed by atoms with Crippen LogP contribution in [0.3, 0.4) is 0 Å². The number of rotatable bonds is 1. The first-order valence-electron chi connectivity index (χ1n) is 3.27. The molecule has 0 saturated heterocycles. The minimum absolute atomic E-state index is 0.180. The molecule has 2 heteroatoms. The Morgan fingerprint density at radius 3 is 2.73 bits per heavy atom. The first kappa shape index (κ1) is 8.47. The molecule has 11 heavy (non-hydrogen) atoms. The lowest BCUT2D eigenvalue weighted by Crippen LogP contribution is -1.81. The normalized spacial score (nSPS) is 10.8. The molecule has 0 spiro atoms. The van der Waals surface area contributed by atoms with E-state index in [1.165, 1.54) is 6.07 Å². The van der Waals surface area contributed by atoms with Crippen molar-refractivity contribution in [2.75, 3.05) is 0 Å². The van der Waals surface area contributed by atoms with Crippen molar-refractivity contribution in [2.24, 2.45) is 0 Å². The number of aryl methyl sites for hydroxylation is 1. The summed E-state index contributed by atoms with van der Waals surface area (Å²) in [7, 11) is 0. The van der Waals surface area contributed by atoms with Crippen LogP contribution in [-0.4, -0.2) is 0 Å². The molecule has 0 bridgehead atoms. The van der Waals surface area contributed by atoms with E-state index in [9.17, 15) is 4.39 Å². The zero-order valence-electron chi connectivity index (χ0n) is 6.14. The van der Waals surface area contributed by atoms with Gasteiger partial charge >= 0.3 is 0 Å². The molecule has 0 unspecified atom stereocenters. The fourth-order valence-electron chi connectivity index (χ4n) is 0.835. The summed E-state index contributed by atoms with van der Waals surface area (Å²) in [6.07, 6.45) is 1.68. The van der Waals surface area contributed by atoms with Gasteiger partial charge in [-0.15, -0.1) is 0 Å². The second-order valence-corrected chi connectivity index (χ2v) is 2.85. The fourth-order valence-corrected chi connectivity index (χ4v) is 1.12. The maximum absolute atomic E-state index is 13.0. The van der Waals surface area contributed by atoms with E-state index in [1.807, 2.05) is 13.0 Å². The molecule has 1 aromatic carbocycles. The highest BCUT2D eigenvalue weighted by molar-refractivity contribution is 9.11. The van der Waals surface area contributed by atoms with Crippen LogP contribution in [0.4, 0.5) is 4.39 Å². The first-order valence-corrected chi connectivity index (χ1v) is 4.18. The number of benzene rings is 1. The van der Waals surface area contributed by atoms with Crippen molar-refractivity contribution in [1.82, 2.24) is 0 Å². The van der Waals surface area contributed by atoms with E-state index in [-0.39, 0.29) is 5.82 Å². The van der Waals surface area contributed by atoms with Crippen LogP contribution in [0.25, 0.3) is 6.08 Å². The summed E-state index contributed by atoms with van der Waals surface area (Å²) in [6.45, 7) is 1.87. The van der Waals surface area contributed by atoms with Gasteiger partial charge in [0.15, 0.2) is 0 Å². The van der Waals surface area contributed by atoms with Crippen molar-refractivity contribution in [3.63, 3.8) is 0 Å². The molecule has 0 aliphatic rings. The Balaban J connectivity index is 3.09. The van der Waals surface area contributed by atoms with E-state index < -0.39 is 0 Å². The highest BCUT2D eigenvalue weighted by Gasteiger charge is 1.96. The summed E-state index contributed by atoms with van der Waals surface area (Å²) in [5, 5.41) is 0. The van der Waals surface area contributed by atoms with Crippen LogP contribution in [0, 0.1) is 12.7 Å². The van der Waals surface area contributed by atoms with Gasteiger partial charge in [-0.05, 0) is 29.6 Å². The molecule has 1 aromatic rings. The van der Waals surface area contributed by atoms with E-state index in [4.69, 9.17) is 0 Å². The molecular formula is C9H8BrF. The van der Waals surface area contributed by atoms with Gasteiger partial charge in [-0.2, -0.15) is 0 Å². The van der Waals surface area contributed by atoms with Gasteiger partial charge in [0.05, 0.1) is 0 Å². The summed E-state index contributed by atoms with van der Waals surface area (Å²) in [5.74, 6) is -0.180. The molecule has 0 amide bonds. The lowest BCUT2D eigenvalue weighted by Gasteiger charge is -1.96. The zero-order chi connectivity index (χ0) is 8.27. The minimum atomic E-state index is -0.180. The van der Waals surface area contributed by atoms with Gasteiger partial charge in [0.25, 0.3) is 0 Å². The SMILES string of the molecule is Cc1ccc(/C=C/Br)c(F)c1. The van der Waals surface area contributed by atoms with E-state index in [0.717, 1.165) is 5.56 Å². The van der Waals surface area contributed by atoms with Gasteiger partial charge < -0.3 is 0 Å². The average molecular weight is 215 g/mol. The molecule has 0 nitrogen and oxygen atoms in total. The van der Waals surface area contributed by atoms with E-state index in [1.54, 1.807) is 17.1 Å². The van der Waals surface area contributed by atoms with Crippen molar-refractivity contribution >= 4 is 22.0 Å². The van der Waals surface area contributed by atoms with Gasteiger partial charge in [-0.3, -0.25) is 0 Å². The van der Waals surface area contributed by atoms with Crippen LogP contribution in [-0.2, 0) is 0 Å². The Labute approximate surface area is 73.9 Å². The lowest BCUT2D eigenvalue weighted by atomic mass is 10.1. The molecule has 0 heterocycles. The van der Waals surface area contributed by atoms with Crippen LogP contribution >= 0.6 is 15.9 Å². The average Bonchev–Trinajstić information content (AvgIpc) is 1.95. The first-order chi connectivity index (χ1) is 5.24. The Morgan fingerprint density at radius 2 is 2.18 bits per heavy atom.